The first-order valence-electron chi connectivity index (χ1n) is 5.56. The van der Waals surface area contributed by atoms with Crippen LogP contribution < -0.4 is 5.73 Å². The van der Waals surface area contributed by atoms with Crippen molar-refractivity contribution in [3.63, 3.8) is 0 Å². The van der Waals surface area contributed by atoms with E-state index in [4.69, 9.17) is 40.5 Å². The summed E-state index contributed by atoms with van der Waals surface area (Å²) >= 11 is 17.7. The zero-order chi connectivity index (χ0) is 14.4. The van der Waals surface area contributed by atoms with E-state index < -0.39 is 5.82 Å². The van der Waals surface area contributed by atoms with Gasteiger partial charge in [0.15, 0.2) is 0 Å². The summed E-state index contributed by atoms with van der Waals surface area (Å²) in [5.74, 6) is -0.335. The highest BCUT2D eigenvalue weighted by Gasteiger charge is 2.14. The van der Waals surface area contributed by atoms with Crippen LogP contribution in [0.2, 0.25) is 15.1 Å². The fraction of sp³-hybridized carbons (Fsp3) is 0. The summed E-state index contributed by atoms with van der Waals surface area (Å²) in [6, 6.07) is 7.75. The maximum atomic E-state index is 13.4. The lowest BCUT2D eigenvalue weighted by atomic mass is 10.2. The number of nitrogens with two attached hydrogens (primary N) is 1. The molecule has 7 heteroatoms. The molecule has 0 unspecified atom stereocenters. The van der Waals surface area contributed by atoms with Crippen molar-refractivity contribution in [1.29, 1.82) is 0 Å². The number of nitrogen functional groups attached to an aromatic ring is 1. The summed E-state index contributed by atoms with van der Waals surface area (Å²) in [5.41, 5.74) is 7.56. The van der Waals surface area contributed by atoms with E-state index in [9.17, 15) is 4.39 Å². The molecule has 1 heterocycles. The number of imidazole rings is 1. The summed E-state index contributed by atoms with van der Waals surface area (Å²) in [5, 5.41) is 0.819. The first kappa shape index (κ1) is 13.5. The van der Waals surface area contributed by atoms with E-state index in [1.54, 1.807) is 22.8 Å². The molecule has 2 aromatic carbocycles. The van der Waals surface area contributed by atoms with E-state index in [0.717, 1.165) is 0 Å². The number of halogens is 4. The molecule has 1 aromatic heterocycles. The summed E-state index contributed by atoms with van der Waals surface area (Å²) in [4.78, 5) is 4.11. The minimum absolute atomic E-state index is 0.00119. The maximum Gasteiger partial charge on any atom is 0.205 e. The van der Waals surface area contributed by atoms with Gasteiger partial charge in [-0.05, 0) is 24.3 Å². The highest BCUT2D eigenvalue weighted by Crippen LogP contribution is 2.30. The maximum absolute atomic E-state index is 13.4. The first-order chi connectivity index (χ1) is 9.47. The standard InChI is InChI=1S/C13H7Cl3FN3/c14-7-2-1-6(3-8(7)15)20-12-4-9(16)10(17)5-11(12)19-13(20)18/h1-5H,(H2,18,19). The molecule has 0 aliphatic rings. The number of hydrogen-bond acceptors (Lipinski definition) is 2. The van der Waals surface area contributed by atoms with E-state index >= 15 is 0 Å². The molecule has 0 amide bonds. The molecule has 3 rings (SSSR count). The van der Waals surface area contributed by atoms with Crippen LogP contribution >= 0.6 is 34.8 Å². The second-order valence-corrected chi connectivity index (χ2v) is 5.38. The number of hydrogen-bond donors (Lipinski definition) is 1. The minimum Gasteiger partial charge on any atom is -0.369 e. The van der Waals surface area contributed by atoms with Gasteiger partial charge in [-0.25, -0.2) is 9.37 Å². The molecule has 102 valence electrons. The van der Waals surface area contributed by atoms with Crippen LogP contribution in [-0.2, 0) is 0 Å². The molecular formula is C13H7Cl3FN3. The summed E-state index contributed by atoms with van der Waals surface area (Å²) < 4.78 is 15.1. The van der Waals surface area contributed by atoms with Crippen LogP contribution in [0.4, 0.5) is 10.3 Å². The third-order valence-electron chi connectivity index (χ3n) is 2.88. The molecule has 0 fully saturated rings. The Labute approximate surface area is 128 Å². The molecule has 3 nitrogen and oxygen atoms in total. The summed E-state index contributed by atoms with van der Waals surface area (Å²) in [7, 11) is 0. The lowest BCUT2D eigenvalue weighted by molar-refractivity contribution is 0.630. The Balaban J connectivity index is 2.32. The van der Waals surface area contributed by atoms with Crippen molar-refractivity contribution in [2.75, 3.05) is 5.73 Å². The van der Waals surface area contributed by atoms with Gasteiger partial charge in [0, 0.05) is 6.07 Å². The highest BCUT2D eigenvalue weighted by molar-refractivity contribution is 6.42. The summed E-state index contributed by atoms with van der Waals surface area (Å²) in [6.07, 6.45) is 0. The van der Waals surface area contributed by atoms with Crippen LogP contribution in [0.25, 0.3) is 16.7 Å². The van der Waals surface area contributed by atoms with Gasteiger partial charge < -0.3 is 5.73 Å². The average Bonchev–Trinajstić information content (AvgIpc) is 2.69. The Kier molecular flexibility index (Phi) is 3.24. The number of rotatable bonds is 1. The fourth-order valence-electron chi connectivity index (χ4n) is 1.99. The average molecular weight is 331 g/mol. The Morgan fingerprint density at radius 2 is 1.75 bits per heavy atom. The molecule has 0 saturated heterocycles. The second kappa shape index (κ2) is 4.81. The fourth-order valence-corrected chi connectivity index (χ4v) is 2.44. The number of fused-ring (bicyclic) bond motifs is 1. The SMILES string of the molecule is Nc1nc2cc(F)c(Cl)cc2n1-c1ccc(Cl)c(Cl)c1. The van der Waals surface area contributed by atoms with Crippen molar-refractivity contribution in [2.24, 2.45) is 0 Å². The molecule has 20 heavy (non-hydrogen) atoms. The van der Waals surface area contributed by atoms with Crippen LogP contribution in [0.3, 0.4) is 0 Å². The third-order valence-corrected chi connectivity index (χ3v) is 3.91. The van der Waals surface area contributed by atoms with Gasteiger partial charge in [0.2, 0.25) is 5.95 Å². The molecule has 3 aromatic rings. The number of benzene rings is 2. The van der Waals surface area contributed by atoms with Crippen LogP contribution in [0, 0.1) is 5.82 Å². The molecular weight excluding hydrogens is 324 g/mol. The molecule has 0 saturated carbocycles. The smallest absolute Gasteiger partial charge is 0.205 e. The van der Waals surface area contributed by atoms with Crippen molar-refractivity contribution in [3.8, 4) is 5.69 Å². The monoisotopic (exact) mass is 329 g/mol. The van der Waals surface area contributed by atoms with Crippen molar-refractivity contribution in [3.05, 3.63) is 51.2 Å². The van der Waals surface area contributed by atoms with E-state index in [1.807, 2.05) is 0 Å². The van der Waals surface area contributed by atoms with Crippen LogP contribution in [-0.4, -0.2) is 9.55 Å². The Hall–Kier alpha value is -1.49. The molecule has 0 aliphatic heterocycles. The van der Waals surface area contributed by atoms with Crippen molar-refractivity contribution < 1.29 is 4.39 Å². The predicted molar refractivity (Wildman–Crippen MR) is 80.5 cm³/mol. The van der Waals surface area contributed by atoms with Gasteiger partial charge in [0.1, 0.15) is 5.82 Å². The molecule has 0 bridgehead atoms. The molecule has 0 radical (unpaired) electrons. The van der Waals surface area contributed by atoms with Crippen molar-refractivity contribution in [2.45, 2.75) is 0 Å². The zero-order valence-corrected chi connectivity index (χ0v) is 12.1. The van der Waals surface area contributed by atoms with Crippen LogP contribution in [0.1, 0.15) is 0 Å². The lowest BCUT2D eigenvalue weighted by Crippen LogP contribution is -2.00. The normalized spacial score (nSPS) is 11.2. The van der Waals surface area contributed by atoms with E-state index in [-0.39, 0.29) is 11.0 Å². The van der Waals surface area contributed by atoms with Crippen LogP contribution in [0.5, 0.6) is 0 Å². The van der Waals surface area contributed by atoms with E-state index in [0.29, 0.717) is 26.8 Å². The third kappa shape index (κ3) is 2.10. The van der Waals surface area contributed by atoms with E-state index in [1.165, 1.54) is 12.1 Å². The van der Waals surface area contributed by atoms with Gasteiger partial charge in [-0.15, -0.1) is 0 Å². The lowest BCUT2D eigenvalue weighted by Gasteiger charge is -2.08. The number of anilines is 1. The van der Waals surface area contributed by atoms with Gasteiger partial charge in [-0.2, -0.15) is 0 Å². The molecule has 0 atom stereocenters. The highest BCUT2D eigenvalue weighted by atomic mass is 35.5. The first-order valence-corrected chi connectivity index (χ1v) is 6.69. The Morgan fingerprint density at radius 3 is 2.45 bits per heavy atom. The van der Waals surface area contributed by atoms with Gasteiger partial charge in [0.25, 0.3) is 0 Å². The predicted octanol–water partition coefficient (Wildman–Crippen LogP) is 4.71. The Bertz CT molecular complexity index is 829. The van der Waals surface area contributed by atoms with Gasteiger partial charge >= 0.3 is 0 Å². The minimum atomic E-state index is -0.544. The number of aromatic nitrogens is 2. The van der Waals surface area contributed by atoms with Gasteiger partial charge in [-0.3, -0.25) is 4.57 Å². The van der Waals surface area contributed by atoms with Gasteiger partial charge in [0.05, 0.1) is 31.8 Å². The molecule has 0 aliphatic carbocycles. The van der Waals surface area contributed by atoms with Gasteiger partial charge in [-0.1, -0.05) is 34.8 Å². The summed E-state index contributed by atoms with van der Waals surface area (Å²) in [6.45, 7) is 0. The van der Waals surface area contributed by atoms with Crippen molar-refractivity contribution in [1.82, 2.24) is 9.55 Å². The van der Waals surface area contributed by atoms with E-state index in [2.05, 4.69) is 4.98 Å². The second-order valence-electron chi connectivity index (χ2n) is 4.16. The zero-order valence-electron chi connectivity index (χ0n) is 9.87. The van der Waals surface area contributed by atoms with Crippen molar-refractivity contribution >= 4 is 51.8 Å². The largest absolute Gasteiger partial charge is 0.369 e. The van der Waals surface area contributed by atoms with Crippen LogP contribution in [0.15, 0.2) is 30.3 Å². The quantitative estimate of drug-likeness (QED) is 0.702. The Morgan fingerprint density at radius 1 is 1.00 bits per heavy atom. The molecule has 2 N–H and O–H groups in total. The number of nitrogens with zero attached hydrogens (tertiary/aromatic N) is 2. The topological polar surface area (TPSA) is 43.8 Å². The molecule has 0 spiro atoms.